The van der Waals surface area contributed by atoms with Gasteiger partial charge >= 0.3 is 0 Å². The Kier molecular flexibility index (Phi) is 2.79. The van der Waals surface area contributed by atoms with Crippen LogP contribution in [0.5, 0.6) is 0 Å². The zero-order valence-corrected chi connectivity index (χ0v) is 12.4. The van der Waals surface area contributed by atoms with E-state index in [0.717, 1.165) is 28.9 Å². The molecule has 112 valence electrons. The number of hydrogen-bond acceptors (Lipinski definition) is 4. The quantitative estimate of drug-likeness (QED) is 0.806. The van der Waals surface area contributed by atoms with Crippen LogP contribution < -0.4 is 5.32 Å². The molecule has 2 atom stereocenters. The molecule has 1 amide bonds. The van der Waals surface area contributed by atoms with Gasteiger partial charge in [-0.05, 0) is 31.5 Å². The molecule has 3 aromatic rings. The molecular weight excluding hydrogens is 280 g/mol. The van der Waals surface area contributed by atoms with Crippen molar-refractivity contribution in [3.8, 4) is 0 Å². The van der Waals surface area contributed by atoms with Crippen LogP contribution in [0.25, 0.3) is 11.0 Å². The summed E-state index contributed by atoms with van der Waals surface area (Å²) < 4.78 is 7.10. The van der Waals surface area contributed by atoms with Crippen molar-refractivity contribution < 1.29 is 9.21 Å². The van der Waals surface area contributed by atoms with Crippen LogP contribution in [0.15, 0.2) is 35.1 Å². The van der Waals surface area contributed by atoms with Crippen molar-refractivity contribution in [2.24, 2.45) is 13.0 Å². The van der Waals surface area contributed by atoms with E-state index < -0.39 is 0 Å². The van der Waals surface area contributed by atoms with E-state index in [2.05, 4.69) is 15.4 Å². The molecule has 0 radical (unpaired) electrons. The minimum atomic E-state index is -0.0168. The molecule has 2 unspecified atom stereocenters. The van der Waals surface area contributed by atoms with Crippen LogP contribution in [0.3, 0.4) is 0 Å². The molecule has 0 aromatic carbocycles. The first-order valence-electron chi connectivity index (χ1n) is 7.27. The van der Waals surface area contributed by atoms with Crippen molar-refractivity contribution in [2.45, 2.75) is 19.3 Å². The van der Waals surface area contributed by atoms with Crippen LogP contribution in [0, 0.1) is 12.8 Å². The lowest BCUT2D eigenvalue weighted by molar-refractivity contribution is -0.117. The van der Waals surface area contributed by atoms with Gasteiger partial charge in [-0.1, -0.05) is 0 Å². The summed E-state index contributed by atoms with van der Waals surface area (Å²) in [6.07, 6.45) is 4.15. The highest BCUT2D eigenvalue weighted by Crippen LogP contribution is 2.48. The highest BCUT2D eigenvalue weighted by atomic mass is 16.3. The summed E-state index contributed by atoms with van der Waals surface area (Å²) in [6.45, 7) is 1.93. The first kappa shape index (κ1) is 13.1. The van der Waals surface area contributed by atoms with E-state index in [1.165, 1.54) is 0 Å². The molecule has 1 aliphatic carbocycles. The number of pyridine rings is 1. The summed E-state index contributed by atoms with van der Waals surface area (Å²) >= 11 is 0. The number of rotatable bonds is 3. The molecule has 3 heterocycles. The summed E-state index contributed by atoms with van der Waals surface area (Å²) in [5, 5.41) is 8.23. The van der Waals surface area contributed by atoms with Crippen molar-refractivity contribution in [3.05, 3.63) is 42.1 Å². The Morgan fingerprint density at radius 1 is 1.50 bits per heavy atom. The molecule has 0 bridgehead atoms. The lowest BCUT2D eigenvalue weighted by atomic mass is 10.2. The number of nitrogens with one attached hydrogen (secondary N) is 1. The zero-order chi connectivity index (χ0) is 15.3. The van der Waals surface area contributed by atoms with Crippen LogP contribution in [0.2, 0.25) is 0 Å². The topological polar surface area (TPSA) is 73.0 Å². The third-order valence-corrected chi connectivity index (χ3v) is 4.17. The van der Waals surface area contributed by atoms with Gasteiger partial charge < -0.3 is 9.73 Å². The van der Waals surface area contributed by atoms with Crippen LogP contribution in [-0.2, 0) is 11.8 Å². The molecule has 1 N–H and O–H groups in total. The normalized spacial score (nSPS) is 20.3. The summed E-state index contributed by atoms with van der Waals surface area (Å²) in [5.74, 6) is 1.09. The van der Waals surface area contributed by atoms with Gasteiger partial charge in [-0.15, -0.1) is 0 Å². The maximum absolute atomic E-state index is 12.3. The number of anilines is 1. The lowest BCUT2D eigenvalue weighted by Crippen LogP contribution is -2.14. The third-order valence-electron chi connectivity index (χ3n) is 4.17. The fraction of sp³-hybridized carbons (Fsp3) is 0.312. The number of carbonyl (C=O) groups is 1. The van der Waals surface area contributed by atoms with Crippen LogP contribution in [-0.4, -0.2) is 20.7 Å². The number of aromatic nitrogens is 3. The van der Waals surface area contributed by atoms with Crippen molar-refractivity contribution >= 4 is 22.6 Å². The van der Waals surface area contributed by atoms with Gasteiger partial charge in [0, 0.05) is 24.3 Å². The van der Waals surface area contributed by atoms with Crippen LogP contribution in [0.4, 0.5) is 5.69 Å². The molecule has 1 fully saturated rings. The van der Waals surface area contributed by atoms with Gasteiger partial charge in [-0.25, -0.2) is 4.98 Å². The Balaban J connectivity index is 1.52. The van der Waals surface area contributed by atoms with E-state index in [-0.39, 0.29) is 17.7 Å². The van der Waals surface area contributed by atoms with Crippen LogP contribution in [0.1, 0.15) is 23.8 Å². The zero-order valence-electron chi connectivity index (χ0n) is 12.4. The fourth-order valence-electron chi connectivity index (χ4n) is 2.91. The Hall–Kier alpha value is -2.63. The van der Waals surface area contributed by atoms with Gasteiger partial charge in [0.15, 0.2) is 5.65 Å². The molecule has 6 nitrogen and oxygen atoms in total. The Bertz CT molecular complexity index is 851. The molecule has 1 aliphatic rings. The van der Waals surface area contributed by atoms with E-state index >= 15 is 0 Å². The second-order valence-corrected chi connectivity index (χ2v) is 5.76. The van der Waals surface area contributed by atoms with Crippen molar-refractivity contribution in [1.82, 2.24) is 14.8 Å². The lowest BCUT2D eigenvalue weighted by Gasteiger charge is -2.04. The molecule has 22 heavy (non-hydrogen) atoms. The van der Waals surface area contributed by atoms with E-state index in [4.69, 9.17) is 4.42 Å². The second-order valence-electron chi connectivity index (χ2n) is 5.76. The maximum Gasteiger partial charge on any atom is 0.228 e. The smallest absolute Gasteiger partial charge is 0.228 e. The van der Waals surface area contributed by atoms with E-state index in [1.807, 2.05) is 32.2 Å². The van der Waals surface area contributed by atoms with E-state index in [0.29, 0.717) is 5.69 Å². The average Bonchev–Trinajstić information content (AvgIpc) is 3.01. The number of nitrogens with zero attached hydrogens (tertiary/aromatic N) is 3. The summed E-state index contributed by atoms with van der Waals surface area (Å²) in [6, 6.07) is 5.70. The SMILES string of the molecule is Cc1nn(C)c2ncc(NC(=O)C3CC3c3ccco3)cc12. The average molecular weight is 296 g/mol. The Morgan fingerprint density at radius 2 is 2.36 bits per heavy atom. The second kappa shape index (κ2) is 4.69. The maximum atomic E-state index is 12.3. The van der Waals surface area contributed by atoms with Crippen molar-refractivity contribution in [2.75, 3.05) is 5.32 Å². The Labute approximate surface area is 127 Å². The van der Waals surface area contributed by atoms with E-state index in [9.17, 15) is 4.79 Å². The first-order valence-corrected chi connectivity index (χ1v) is 7.27. The first-order chi connectivity index (χ1) is 10.6. The summed E-state index contributed by atoms with van der Waals surface area (Å²) in [7, 11) is 1.86. The van der Waals surface area contributed by atoms with Gasteiger partial charge in [0.1, 0.15) is 5.76 Å². The minimum Gasteiger partial charge on any atom is -0.469 e. The summed E-state index contributed by atoms with van der Waals surface area (Å²) in [4.78, 5) is 16.7. The van der Waals surface area contributed by atoms with Gasteiger partial charge in [-0.2, -0.15) is 5.10 Å². The highest BCUT2D eigenvalue weighted by Gasteiger charge is 2.45. The Morgan fingerprint density at radius 3 is 3.14 bits per heavy atom. The van der Waals surface area contributed by atoms with Gasteiger partial charge in [-0.3, -0.25) is 9.48 Å². The molecule has 0 saturated heterocycles. The molecule has 0 aliphatic heterocycles. The third kappa shape index (κ3) is 2.07. The number of furan rings is 1. The summed E-state index contributed by atoms with van der Waals surface area (Å²) in [5.41, 5.74) is 2.43. The molecular formula is C16H16N4O2. The molecule has 6 heteroatoms. The molecule has 4 rings (SSSR count). The predicted octanol–water partition coefficient (Wildman–Crippen LogP) is 2.61. The highest BCUT2D eigenvalue weighted by molar-refractivity contribution is 5.96. The van der Waals surface area contributed by atoms with Gasteiger partial charge in [0.05, 0.1) is 23.8 Å². The van der Waals surface area contributed by atoms with Gasteiger partial charge in [0.25, 0.3) is 0 Å². The van der Waals surface area contributed by atoms with E-state index in [1.54, 1.807) is 17.1 Å². The van der Waals surface area contributed by atoms with Gasteiger partial charge in [0.2, 0.25) is 5.91 Å². The number of hydrogen-bond donors (Lipinski definition) is 1. The molecule has 3 aromatic heterocycles. The number of fused-ring (bicyclic) bond motifs is 1. The minimum absolute atomic E-state index is 0.0168. The largest absolute Gasteiger partial charge is 0.469 e. The van der Waals surface area contributed by atoms with Crippen molar-refractivity contribution in [3.63, 3.8) is 0 Å². The number of aryl methyl sites for hydroxylation is 2. The standard InChI is InChI=1S/C16H16N4O2/c1-9-11-6-10(8-17-15(11)20(2)19-9)18-16(21)13-7-12(13)14-4-3-5-22-14/h3-6,8,12-13H,7H2,1-2H3,(H,18,21). The van der Waals surface area contributed by atoms with Crippen LogP contribution >= 0.6 is 0 Å². The molecule has 0 spiro atoms. The number of amides is 1. The number of carbonyl (C=O) groups excluding carboxylic acids is 1. The van der Waals surface area contributed by atoms with Crippen molar-refractivity contribution in [1.29, 1.82) is 0 Å². The fourth-order valence-corrected chi connectivity index (χ4v) is 2.91. The molecule has 1 saturated carbocycles. The monoisotopic (exact) mass is 296 g/mol. The predicted molar refractivity (Wildman–Crippen MR) is 81.4 cm³/mol.